The third-order valence-corrected chi connectivity index (χ3v) is 6.25. The molecule has 0 spiro atoms. The number of nitrogens with one attached hydrogen (secondary N) is 1. The number of amides is 2. The Kier molecular flexibility index (Phi) is 4.62. The molecule has 146 valence electrons. The maximum absolute atomic E-state index is 12.3. The summed E-state index contributed by atoms with van der Waals surface area (Å²) in [4.78, 5) is 47.5. The van der Waals surface area contributed by atoms with Crippen molar-refractivity contribution in [2.75, 3.05) is 0 Å². The minimum Gasteiger partial charge on any atom is -0.480 e. The van der Waals surface area contributed by atoms with E-state index in [0.717, 1.165) is 0 Å². The van der Waals surface area contributed by atoms with Crippen LogP contribution in [0.25, 0.3) is 0 Å². The summed E-state index contributed by atoms with van der Waals surface area (Å²) in [5.41, 5.74) is 0.138. The van der Waals surface area contributed by atoms with E-state index >= 15 is 0 Å². The number of thioether (sulfide) groups is 1. The van der Waals surface area contributed by atoms with Crippen molar-refractivity contribution in [3.05, 3.63) is 22.0 Å². The first-order chi connectivity index (χ1) is 12.5. The van der Waals surface area contributed by atoms with Crippen molar-refractivity contribution in [3.63, 3.8) is 0 Å². The number of aryl methyl sites for hydroxylation is 2. The number of carbonyl (C=O) groups is 3. The molecule has 2 N–H and O–H groups in total. The van der Waals surface area contributed by atoms with E-state index < -0.39 is 44.9 Å². The number of carboxylic acids is 1. The molecule has 2 amide bonds. The summed E-state index contributed by atoms with van der Waals surface area (Å²) in [6.07, 6.45) is 1.25. The Hall–Kier alpha value is -2.63. The van der Waals surface area contributed by atoms with E-state index in [1.807, 2.05) is 0 Å². The van der Waals surface area contributed by atoms with Gasteiger partial charge in [0.1, 0.15) is 29.3 Å². The van der Waals surface area contributed by atoms with Gasteiger partial charge in [-0.25, -0.2) is 4.79 Å². The van der Waals surface area contributed by atoms with Gasteiger partial charge in [0.25, 0.3) is 0 Å². The lowest BCUT2D eigenvalue weighted by atomic mass is 9.96. The molecule has 3 rings (SSSR count). The monoisotopic (exact) mass is 397 g/mol. The van der Waals surface area contributed by atoms with E-state index in [0.29, 0.717) is 0 Å². The molecule has 0 unspecified atom stereocenters. The summed E-state index contributed by atoms with van der Waals surface area (Å²) in [6, 6.07) is -1.69. The Morgan fingerprint density at radius 3 is 2.70 bits per heavy atom. The first kappa shape index (κ1) is 19.1. The van der Waals surface area contributed by atoms with Crippen molar-refractivity contribution in [2.24, 2.45) is 0 Å². The van der Waals surface area contributed by atoms with Crippen molar-refractivity contribution in [2.45, 2.75) is 55.9 Å². The molecule has 2 aliphatic heterocycles. The lowest BCUT2D eigenvalue weighted by molar-refractivity contribution is -0.385. The molecular formula is C15H19N5O6S. The molecule has 0 saturated carbocycles. The van der Waals surface area contributed by atoms with E-state index in [1.165, 1.54) is 34.5 Å². The Bertz CT molecular complexity index is 837. The van der Waals surface area contributed by atoms with Crippen LogP contribution < -0.4 is 5.32 Å². The third-order valence-electron chi connectivity index (χ3n) is 4.68. The largest absolute Gasteiger partial charge is 0.480 e. The molecule has 11 nitrogen and oxygen atoms in total. The lowest BCUT2D eigenvalue weighted by Crippen LogP contribution is -2.70. The molecule has 0 aliphatic carbocycles. The predicted octanol–water partition coefficient (Wildman–Crippen LogP) is 0.122. The number of nitro groups is 1. The number of rotatable bonds is 6. The first-order valence-corrected chi connectivity index (χ1v) is 9.11. The summed E-state index contributed by atoms with van der Waals surface area (Å²) in [5.74, 6) is -1.88. The van der Waals surface area contributed by atoms with Crippen molar-refractivity contribution in [1.29, 1.82) is 0 Å². The standard InChI is InChI=1S/C15H19N5O6S/c1-7-8(20(25)26)6-18(17-7)5-4-9(21)16-10-12(22)19-11(14(23)24)15(2,3)27-13(10)19/h6,10-11,13H,4-5H2,1-3H3,(H,16,21)(H,23,24)/t10-,11+,13-/m1/s1. The topological polar surface area (TPSA) is 148 Å². The van der Waals surface area contributed by atoms with Gasteiger partial charge in [0, 0.05) is 17.7 Å². The summed E-state index contributed by atoms with van der Waals surface area (Å²) >= 11 is 1.35. The molecule has 27 heavy (non-hydrogen) atoms. The van der Waals surface area contributed by atoms with Gasteiger partial charge < -0.3 is 15.3 Å². The van der Waals surface area contributed by atoms with Gasteiger partial charge in [0.05, 0.1) is 4.92 Å². The number of fused-ring (bicyclic) bond motifs is 1. The van der Waals surface area contributed by atoms with Crippen LogP contribution in [0.4, 0.5) is 5.69 Å². The summed E-state index contributed by atoms with van der Waals surface area (Å²) < 4.78 is 0.660. The van der Waals surface area contributed by atoms with Crippen LogP contribution in [0.1, 0.15) is 26.0 Å². The van der Waals surface area contributed by atoms with Crippen molar-refractivity contribution in [1.82, 2.24) is 20.0 Å². The van der Waals surface area contributed by atoms with Gasteiger partial charge in [-0.1, -0.05) is 0 Å². The molecule has 1 aromatic heterocycles. The zero-order chi connectivity index (χ0) is 20.1. The smallest absolute Gasteiger partial charge is 0.327 e. The Balaban J connectivity index is 1.58. The number of carboxylic acid groups (broad SMARTS) is 1. The summed E-state index contributed by atoms with van der Waals surface area (Å²) in [7, 11) is 0. The van der Waals surface area contributed by atoms with Crippen LogP contribution in [-0.4, -0.2) is 64.7 Å². The van der Waals surface area contributed by atoms with E-state index in [4.69, 9.17) is 0 Å². The highest BCUT2D eigenvalue weighted by Crippen LogP contribution is 2.50. The summed E-state index contributed by atoms with van der Waals surface area (Å²) in [6.45, 7) is 5.15. The molecule has 3 atom stereocenters. The highest BCUT2D eigenvalue weighted by atomic mass is 32.2. The average molecular weight is 397 g/mol. The zero-order valence-corrected chi connectivity index (χ0v) is 15.7. The molecule has 2 aliphatic rings. The molecule has 0 bridgehead atoms. The van der Waals surface area contributed by atoms with Crippen molar-refractivity contribution < 1.29 is 24.4 Å². The fourth-order valence-electron chi connectivity index (χ4n) is 3.41. The molecular weight excluding hydrogens is 378 g/mol. The second kappa shape index (κ2) is 6.51. The minimum absolute atomic E-state index is 0.00874. The molecule has 12 heteroatoms. The minimum atomic E-state index is -1.07. The second-order valence-corrected chi connectivity index (χ2v) is 8.78. The molecule has 1 aromatic rings. The van der Waals surface area contributed by atoms with Crippen LogP contribution in [0.15, 0.2) is 6.20 Å². The third kappa shape index (κ3) is 3.24. The van der Waals surface area contributed by atoms with Crippen molar-refractivity contribution in [3.8, 4) is 0 Å². The molecule has 0 radical (unpaired) electrons. The fourth-order valence-corrected chi connectivity index (χ4v) is 5.03. The Labute approximate surface area is 158 Å². The van der Waals surface area contributed by atoms with Gasteiger partial charge in [0.2, 0.25) is 11.8 Å². The number of β-lactam (4-membered cyclic amide) rings is 1. The van der Waals surface area contributed by atoms with Crippen LogP contribution in [0, 0.1) is 17.0 Å². The Morgan fingerprint density at radius 2 is 2.15 bits per heavy atom. The number of nitrogens with zero attached hydrogens (tertiary/aromatic N) is 4. The molecule has 3 heterocycles. The van der Waals surface area contributed by atoms with Crippen LogP contribution in [0.3, 0.4) is 0 Å². The highest BCUT2D eigenvalue weighted by molar-refractivity contribution is 8.01. The SMILES string of the molecule is Cc1nn(CCC(=O)N[C@@H]2C(=O)N3[C@@H]2SC(C)(C)[C@@H]3C(=O)O)cc1[N+](=O)[O-]. The number of aliphatic carboxylic acids is 1. The number of aromatic nitrogens is 2. The fraction of sp³-hybridized carbons (Fsp3) is 0.600. The van der Waals surface area contributed by atoms with Crippen molar-refractivity contribution >= 4 is 35.2 Å². The zero-order valence-electron chi connectivity index (χ0n) is 14.9. The summed E-state index contributed by atoms with van der Waals surface area (Å²) in [5, 5.41) is 26.4. The predicted molar refractivity (Wildman–Crippen MR) is 93.9 cm³/mol. The molecule has 0 aromatic carbocycles. The lowest BCUT2D eigenvalue weighted by Gasteiger charge is -2.43. The number of hydrogen-bond acceptors (Lipinski definition) is 7. The molecule has 2 saturated heterocycles. The van der Waals surface area contributed by atoms with E-state index in [1.54, 1.807) is 13.8 Å². The van der Waals surface area contributed by atoms with E-state index in [2.05, 4.69) is 10.4 Å². The van der Waals surface area contributed by atoms with Gasteiger partial charge in [0.15, 0.2) is 0 Å². The van der Waals surface area contributed by atoms with E-state index in [9.17, 15) is 29.6 Å². The van der Waals surface area contributed by atoms with Crippen LogP contribution >= 0.6 is 11.8 Å². The highest BCUT2D eigenvalue weighted by Gasteiger charge is 2.64. The average Bonchev–Trinajstić information content (AvgIpc) is 3.06. The maximum atomic E-state index is 12.3. The maximum Gasteiger partial charge on any atom is 0.327 e. The van der Waals surface area contributed by atoms with Crippen LogP contribution in [-0.2, 0) is 20.9 Å². The first-order valence-electron chi connectivity index (χ1n) is 8.23. The van der Waals surface area contributed by atoms with Crippen LogP contribution in [0.2, 0.25) is 0 Å². The van der Waals surface area contributed by atoms with Gasteiger partial charge in [-0.3, -0.25) is 24.4 Å². The number of hydrogen-bond donors (Lipinski definition) is 2. The quantitative estimate of drug-likeness (QED) is 0.391. The molecule has 2 fully saturated rings. The normalized spacial score (nSPS) is 25.7. The number of carbonyl (C=O) groups excluding carboxylic acids is 2. The van der Waals surface area contributed by atoms with Gasteiger partial charge in [-0.15, -0.1) is 11.8 Å². The van der Waals surface area contributed by atoms with Gasteiger partial charge in [-0.2, -0.15) is 5.10 Å². The Morgan fingerprint density at radius 1 is 1.48 bits per heavy atom. The van der Waals surface area contributed by atoms with Crippen LogP contribution in [0.5, 0.6) is 0 Å². The van der Waals surface area contributed by atoms with E-state index in [-0.39, 0.29) is 24.3 Å². The second-order valence-electron chi connectivity index (χ2n) is 7.01. The van der Waals surface area contributed by atoms with Gasteiger partial charge >= 0.3 is 11.7 Å². The van der Waals surface area contributed by atoms with Gasteiger partial charge in [-0.05, 0) is 20.8 Å².